The zero-order valence-corrected chi connectivity index (χ0v) is 13.4. The van der Waals surface area contributed by atoms with Gasteiger partial charge in [-0.25, -0.2) is 0 Å². The van der Waals surface area contributed by atoms with Crippen molar-refractivity contribution >= 4 is 17.6 Å². The summed E-state index contributed by atoms with van der Waals surface area (Å²) in [5, 5.41) is 0.167. The number of alkyl halides is 3. The summed E-state index contributed by atoms with van der Waals surface area (Å²) >= 11 is 5.91. The molecule has 1 aromatic rings. The predicted molar refractivity (Wildman–Crippen MR) is 78.8 cm³/mol. The fraction of sp³-hybridized carbons (Fsp3) is 0.533. The molecule has 1 atom stereocenters. The molecule has 0 radical (unpaired) electrons. The molecule has 0 aliphatic rings. The molecule has 0 aliphatic heterocycles. The highest BCUT2D eigenvalue weighted by molar-refractivity contribution is 6.30. The SMILES string of the molecule is CCOC(=O)C(N)Cc1cc(Cl)cc(C(C)(C)C(F)(F)F)c1. The Bertz CT molecular complexity index is 544. The Labute approximate surface area is 132 Å². The fourth-order valence-corrected chi connectivity index (χ4v) is 2.14. The van der Waals surface area contributed by atoms with Gasteiger partial charge in [0.25, 0.3) is 0 Å². The third-order valence-corrected chi connectivity index (χ3v) is 3.65. The van der Waals surface area contributed by atoms with Gasteiger partial charge in [-0.05, 0) is 50.5 Å². The molecule has 0 spiro atoms. The monoisotopic (exact) mass is 337 g/mol. The van der Waals surface area contributed by atoms with Crippen LogP contribution in [-0.2, 0) is 21.4 Å². The lowest BCUT2D eigenvalue weighted by atomic mass is 9.83. The van der Waals surface area contributed by atoms with E-state index in [-0.39, 0.29) is 23.6 Å². The first-order chi connectivity index (χ1) is 9.99. The molecule has 0 aliphatic carbocycles. The molecule has 0 bridgehead atoms. The normalized spacial score (nSPS) is 13.8. The van der Waals surface area contributed by atoms with Gasteiger partial charge in [0.05, 0.1) is 12.0 Å². The van der Waals surface area contributed by atoms with Crippen LogP contribution < -0.4 is 5.73 Å². The number of esters is 1. The Kier molecular flexibility index (Phi) is 5.87. The molecule has 124 valence electrons. The van der Waals surface area contributed by atoms with Gasteiger partial charge in [-0.1, -0.05) is 17.7 Å². The third kappa shape index (κ3) is 4.36. The minimum absolute atomic E-state index is 0.0264. The maximum absolute atomic E-state index is 13.1. The van der Waals surface area contributed by atoms with Gasteiger partial charge < -0.3 is 10.5 Å². The molecule has 0 saturated heterocycles. The van der Waals surface area contributed by atoms with Crippen LogP contribution in [0.3, 0.4) is 0 Å². The van der Waals surface area contributed by atoms with Gasteiger partial charge in [0, 0.05) is 5.02 Å². The number of halogens is 4. The highest BCUT2D eigenvalue weighted by atomic mass is 35.5. The molecular formula is C15H19ClF3NO2. The standard InChI is InChI=1S/C15H19ClF3NO2/c1-4-22-13(21)12(20)7-9-5-10(8-11(16)6-9)14(2,3)15(17,18)19/h5-6,8,12H,4,7,20H2,1-3H3. The van der Waals surface area contributed by atoms with Crippen LogP contribution in [-0.4, -0.2) is 24.8 Å². The summed E-state index contributed by atoms with van der Waals surface area (Å²) in [6.07, 6.45) is -4.36. The average molecular weight is 338 g/mol. The number of hydrogen-bond acceptors (Lipinski definition) is 3. The zero-order chi connectivity index (χ0) is 17.1. The molecule has 0 fully saturated rings. The van der Waals surface area contributed by atoms with Crippen molar-refractivity contribution in [2.75, 3.05) is 6.61 Å². The smallest absolute Gasteiger partial charge is 0.397 e. The summed E-state index contributed by atoms with van der Waals surface area (Å²) in [5.41, 5.74) is 4.12. The van der Waals surface area contributed by atoms with Crippen molar-refractivity contribution in [2.45, 2.75) is 44.8 Å². The average Bonchev–Trinajstić information content (AvgIpc) is 2.36. The molecule has 22 heavy (non-hydrogen) atoms. The molecule has 3 nitrogen and oxygen atoms in total. The number of carbonyl (C=O) groups excluding carboxylic acids is 1. The summed E-state index contributed by atoms with van der Waals surface area (Å²) in [6.45, 7) is 3.99. The van der Waals surface area contributed by atoms with E-state index in [2.05, 4.69) is 0 Å². The summed E-state index contributed by atoms with van der Waals surface area (Å²) in [6, 6.07) is 3.20. The van der Waals surface area contributed by atoms with E-state index in [1.54, 1.807) is 6.92 Å². The van der Waals surface area contributed by atoms with Crippen molar-refractivity contribution < 1.29 is 22.7 Å². The van der Waals surface area contributed by atoms with Crippen molar-refractivity contribution in [3.05, 3.63) is 34.3 Å². The van der Waals surface area contributed by atoms with Crippen LogP contribution in [0, 0.1) is 0 Å². The largest absolute Gasteiger partial charge is 0.465 e. The quantitative estimate of drug-likeness (QED) is 0.835. The van der Waals surface area contributed by atoms with Crippen LogP contribution in [0.4, 0.5) is 13.2 Å². The second kappa shape index (κ2) is 6.87. The van der Waals surface area contributed by atoms with Gasteiger partial charge >= 0.3 is 12.1 Å². The lowest BCUT2D eigenvalue weighted by Gasteiger charge is -2.29. The molecule has 7 heteroatoms. The van der Waals surface area contributed by atoms with Crippen LogP contribution in [0.15, 0.2) is 18.2 Å². The number of rotatable bonds is 5. The molecule has 0 amide bonds. The molecule has 0 heterocycles. The van der Waals surface area contributed by atoms with E-state index in [1.807, 2.05) is 0 Å². The van der Waals surface area contributed by atoms with E-state index in [1.165, 1.54) is 18.2 Å². The first-order valence-electron chi connectivity index (χ1n) is 6.78. The second-order valence-electron chi connectivity index (χ2n) is 5.53. The fourth-order valence-electron chi connectivity index (χ4n) is 1.88. The maximum Gasteiger partial charge on any atom is 0.397 e. The molecule has 0 aromatic heterocycles. The van der Waals surface area contributed by atoms with Crippen LogP contribution in [0.25, 0.3) is 0 Å². The van der Waals surface area contributed by atoms with E-state index >= 15 is 0 Å². The van der Waals surface area contributed by atoms with Crippen LogP contribution in [0.5, 0.6) is 0 Å². The number of hydrogen-bond donors (Lipinski definition) is 1. The summed E-state index contributed by atoms with van der Waals surface area (Å²) in [5.74, 6) is -0.598. The second-order valence-corrected chi connectivity index (χ2v) is 5.97. The van der Waals surface area contributed by atoms with Crippen LogP contribution in [0.2, 0.25) is 5.02 Å². The van der Waals surface area contributed by atoms with Gasteiger partial charge in [-0.2, -0.15) is 13.2 Å². The van der Waals surface area contributed by atoms with E-state index in [0.29, 0.717) is 5.56 Å². The zero-order valence-electron chi connectivity index (χ0n) is 12.6. The van der Waals surface area contributed by atoms with Gasteiger partial charge in [0.2, 0.25) is 0 Å². The van der Waals surface area contributed by atoms with E-state index < -0.39 is 23.6 Å². The summed E-state index contributed by atoms with van der Waals surface area (Å²) in [4.78, 5) is 11.5. The minimum atomic E-state index is -4.42. The van der Waals surface area contributed by atoms with Crippen molar-refractivity contribution in [2.24, 2.45) is 5.73 Å². The molecule has 1 rings (SSSR count). The Morgan fingerprint density at radius 2 is 1.91 bits per heavy atom. The molecule has 1 unspecified atom stereocenters. The maximum atomic E-state index is 13.1. The highest BCUT2D eigenvalue weighted by Gasteiger charge is 2.48. The van der Waals surface area contributed by atoms with Gasteiger partial charge in [0.15, 0.2) is 0 Å². The topological polar surface area (TPSA) is 52.3 Å². The van der Waals surface area contributed by atoms with Crippen molar-refractivity contribution in [1.29, 1.82) is 0 Å². The Hall–Kier alpha value is -1.27. The van der Waals surface area contributed by atoms with Crippen molar-refractivity contribution in [1.82, 2.24) is 0 Å². The molecule has 0 saturated carbocycles. The van der Waals surface area contributed by atoms with E-state index in [4.69, 9.17) is 22.1 Å². The first kappa shape index (κ1) is 18.8. The number of nitrogens with two attached hydrogens (primary N) is 1. The minimum Gasteiger partial charge on any atom is -0.465 e. The molecular weight excluding hydrogens is 319 g/mol. The lowest BCUT2D eigenvalue weighted by molar-refractivity contribution is -0.180. The van der Waals surface area contributed by atoms with Crippen molar-refractivity contribution in [3.8, 4) is 0 Å². The predicted octanol–water partition coefficient (Wildman–Crippen LogP) is 3.61. The summed E-state index contributed by atoms with van der Waals surface area (Å²) in [7, 11) is 0. The number of carbonyl (C=O) groups is 1. The van der Waals surface area contributed by atoms with Gasteiger partial charge in [-0.15, -0.1) is 0 Å². The highest BCUT2D eigenvalue weighted by Crippen LogP contribution is 2.41. The van der Waals surface area contributed by atoms with Crippen LogP contribution >= 0.6 is 11.6 Å². The van der Waals surface area contributed by atoms with Crippen LogP contribution in [0.1, 0.15) is 31.9 Å². The summed E-state index contributed by atoms with van der Waals surface area (Å²) < 4.78 is 44.2. The van der Waals surface area contributed by atoms with E-state index in [9.17, 15) is 18.0 Å². The van der Waals surface area contributed by atoms with Crippen molar-refractivity contribution in [3.63, 3.8) is 0 Å². The molecule has 2 N–H and O–H groups in total. The first-order valence-corrected chi connectivity index (χ1v) is 7.15. The van der Waals surface area contributed by atoms with Gasteiger partial charge in [0.1, 0.15) is 6.04 Å². The lowest BCUT2D eigenvalue weighted by Crippen LogP contribution is -2.37. The Morgan fingerprint density at radius 1 is 1.32 bits per heavy atom. The molecule has 1 aromatic carbocycles. The Balaban J connectivity index is 3.08. The van der Waals surface area contributed by atoms with Gasteiger partial charge in [-0.3, -0.25) is 4.79 Å². The number of benzene rings is 1. The van der Waals surface area contributed by atoms with E-state index in [0.717, 1.165) is 13.8 Å². The Morgan fingerprint density at radius 3 is 2.41 bits per heavy atom. The number of ether oxygens (including phenoxy) is 1. The third-order valence-electron chi connectivity index (χ3n) is 3.43.